The van der Waals surface area contributed by atoms with Crippen LogP contribution in [0.1, 0.15) is 30.5 Å². The maximum Gasteiger partial charge on any atom is 0.0502 e. The number of aromatic nitrogens is 1. The first-order valence-electron chi connectivity index (χ1n) is 8.00. The summed E-state index contributed by atoms with van der Waals surface area (Å²) in [5.74, 6) is 0. The summed E-state index contributed by atoms with van der Waals surface area (Å²) in [7, 11) is 1.77. The lowest BCUT2D eigenvalue weighted by Gasteiger charge is -2.17. The number of hydrogen-bond donors (Lipinski definition) is 1. The number of nitrogens with one attached hydrogen (secondary N) is 1. The molecule has 0 spiro atoms. The molecule has 2 aromatic rings. The number of aromatic amines is 1. The highest BCUT2D eigenvalue weighted by Gasteiger charge is 2.11. The van der Waals surface area contributed by atoms with E-state index in [1.165, 1.54) is 27.6 Å². The first kappa shape index (κ1) is 16.1. The molecule has 0 saturated heterocycles. The molecule has 0 fully saturated rings. The van der Waals surface area contributed by atoms with Crippen LogP contribution in [-0.2, 0) is 17.6 Å². The molecule has 1 aromatic carbocycles. The Bertz CT molecular complexity index is 570. The monoisotopic (exact) mass is 288 g/mol. The molecule has 0 atom stereocenters. The number of fused-ring (bicyclic) bond motifs is 1. The minimum atomic E-state index is 0.777. The van der Waals surface area contributed by atoms with E-state index in [0.717, 1.165) is 39.1 Å². The van der Waals surface area contributed by atoms with Crippen LogP contribution < -0.4 is 0 Å². The summed E-state index contributed by atoms with van der Waals surface area (Å²) in [4.78, 5) is 5.95. The van der Waals surface area contributed by atoms with E-state index in [4.69, 9.17) is 4.74 Å². The van der Waals surface area contributed by atoms with Gasteiger partial charge in [0.25, 0.3) is 0 Å². The van der Waals surface area contributed by atoms with Gasteiger partial charge >= 0.3 is 0 Å². The molecular formula is C18H28N2O. The van der Waals surface area contributed by atoms with Gasteiger partial charge in [0.1, 0.15) is 0 Å². The van der Waals surface area contributed by atoms with Crippen LogP contribution >= 0.6 is 0 Å². The zero-order valence-corrected chi connectivity index (χ0v) is 13.8. The number of hydrogen-bond acceptors (Lipinski definition) is 2. The maximum atomic E-state index is 5.26. The maximum absolute atomic E-state index is 5.26. The van der Waals surface area contributed by atoms with Gasteiger partial charge in [-0.1, -0.05) is 26.0 Å². The van der Waals surface area contributed by atoms with Crippen molar-refractivity contribution in [1.29, 1.82) is 0 Å². The number of H-pyrrole nitrogens is 1. The van der Waals surface area contributed by atoms with Gasteiger partial charge in [-0.3, -0.25) is 0 Å². The Morgan fingerprint density at radius 2 is 1.86 bits per heavy atom. The minimum Gasteiger partial charge on any atom is -0.384 e. The number of benzene rings is 1. The lowest BCUT2D eigenvalue weighted by atomic mass is 9.99. The van der Waals surface area contributed by atoms with E-state index in [-0.39, 0.29) is 0 Å². The average molecular weight is 288 g/mol. The zero-order chi connectivity index (χ0) is 15.2. The predicted molar refractivity (Wildman–Crippen MR) is 90.1 cm³/mol. The molecule has 0 bridgehead atoms. The van der Waals surface area contributed by atoms with Crippen molar-refractivity contribution in [2.75, 3.05) is 33.4 Å². The first-order valence-corrected chi connectivity index (χ1v) is 8.00. The largest absolute Gasteiger partial charge is 0.384 e. The van der Waals surface area contributed by atoms with E-state index in [1.807, 2.05) is 0 Å². The molecule has 2 rings (SSSR count). The second-order valence-corrected chi connectivity index (χ2v) is 5.63. The normalized spacial score (nSPS) is 11.7. The molecule has 116 valence electrons. The highest BCUT2D eigenvalue weighted by atomic mass is 16.5. The average Bonchev–Trinajstić information content (AvgIpc) is 2.93. The fourth-order valence-corrected chi connectivity index (χ4v) is 2.97. The van der Waals surface area contributed by atoms with Gasteiger partial charge in [-0.25, -0.2) is 0 Å². The highest BCUT2D eigenvalue weighted by Crippen LogP contribution is 2.26. The molecular weight excluding hydrogens is 260 g/mol. The summed E-state index contributed by atoms with van der Waals surface area (Å²) in [6, 6.07) is 4.46. The summed E-state index contributed by atoms with van der Waals surface area (Å²) in [6.07, 6.45) is 4.27. The van der Waals surface area contributed by atoms with Gasteiger partial charge in [-0.15, -0.1) is 0 Å². The molecule has 0 radical (unpaired) electrons. The fraction of sp³-hybridized carbons (Fsp3) is 0.556. The third-order valence-corrected chi connectivity index (χ3v) is 4.38. The van der Waals surface area contributed by atoms with Crippen molar-refractivity contribution in [3.63, 3.8) is 0 Å². The Kier molecular flexibility index (Phi) is 5.83. The molecule has 0 aliphatic rings. The lowest BCUT2D eigenvalue weighted by Crippen LogP contribution is -2.25. The van der Waals surface area contributed by atoms with Crippen LogP contribution in [0.5, 0.6) is 0 Å². The SMILES string of the molecule is CCN(CC)CCc1c[nH]c2c(C)ccc(CCOC)c12. The van der Waals surface area contributed by atoms with Crippen LogP contribution in [0, 0.1) is 6.92 Å². The van der Waals surface area contributed by atoms with Gasteiger partial charge < -0.3 is 14.6 Å². The fourth-order valence-electron chi connectivity index (χ4n) is 2.97. The van der Waals surface area contributed by atoms with Crippen LogP contribution in [0.25, 0.3) is 10.9 Å². The van der Waals surface area contributed by atoms with Gasteiger partial charge in [-0.2, -0.15) is 0 Å². The van der Waals surface area contributed by atoms with Crippen LogP contribution in [0.2, 0.25) is 0 Å². The second-order valence-electron chi connectivity index (χ2n) is 5.63. The number of rotatable bonds is 8. The van der Waals surface area contributed by atoms with Crippen molar-refractivity contribution in [2.24, 2.45) is 0 Å². The predicted octanol–water partition coefficient (Wildman–Crippen LogP) is 3.55. The van der Waals surface area contributed by atoms with E-state index in [0.29, 0.717) is 0 Å². The minimum absolute atomic E-state index is 0.777. The summed E-state index contributed by atoms with van der Waals surface area (Å²) in [6.45, 7) is 10.8. The summed E-state index contributed by atoms with van der Waals surface area (Å²) < 4.78 is 5.26. The van der Waals surface area contributed by atoms with E-state index in [9.17, 15) is 0 Å². The van der Waals surface area contributed by atoms with Crippen molar-refractivity contribution in [1.82, 2.24) is 9.88 Å². The molecule has 0 saturated carbocycles. The van der Waals surface area contributed by atoms with Gasteiger partial charge in [0.15, 0.2) is 0 Å². The highest BCUT2D eigenvalue weighted by molar-refractivity contribution is 5.89. The third-order valence-electron chi connectivity index (χ3n) is 4.38. The van der Waals surface area contributed by atoms with Crippen molar-refractivity contribution in [3.8, 4) is 0 Å². The summed E-state index contributed by atoms with van der Waals surface area (Å²) in [5, 5.41) is 1.42. The molecule has 0 amide bonds. The molecule has 1 heterocycles. The van der Waals surface area contributed by atoms with Gasteiger partial charge in [0.05, 0.1) is 6.61 Å². The summed E-state index contributed by atoms with van der Waals surface area (Å²) in [5.41, 5.74) is 5.44. The summed E-state index contributed by atoms with van der Waals surface area (Å²) >= 11 is 0. The van der Waals surface area contributed by atoms with Gasteiger partial charge in [0, 0.05) is 30.8 Å². The number of nitrogens with zero attached hydrogens (tertiary/aromatic N) is 1. The van der Waals surface area contributed by atoms with Crippen LogP contribution in [0.4, 0.5) is 0 Å². The Labute approximate surface area is 128 Å². The Hall–Kier alpha value is -1.32. The quantitative estimate of drug-likeness (QED) is 0.804. The molecule has 21 heavy (non-hydrogen) atoms. The van der Waals surface area contributed by atoms with Crippen molar-refractivity contribution >= 4 is 10.9 Å². The van der Waals surface area contributed by atoms with Crippen LogP contribution in [-0.4, -0.2) is 43.2 Å². The molecule has 3 nitrogen and oxygen atoms in total. The second kappa shape index (κ2) is 7.62. The van der Waals surface area contributed by atoms with Crippen LogP contribution in [0.15, 0.2) is 18.3 Å². The Morgan fingerprint density at radius 1 is 1.10 bits per heavy atom. The molecule has 1 N–H and O–H groups in total. The topological polar surface area (TPSA) is 28.3 Å². The smallest absolute Gasteiger partial charge is 0.0502 e. The van der Waals surface area contributed by atoms with E-state index in [1.54, 1.807) is 7.11 Å². The van der Waals surface area contributed by atoms with E-state index in [2.05, 4.69) is 49.0 Å². The standard InChI is InChI=1S/C18H28N2O/c1-5-20(6-2)11-9-16-13-19-18-14(3)7-8-15(17(16)18)10-12-21-4/h7-8,13,19H,5-6,9-12H2,1-4H3. The lowest BCUT2D eigenvalue weighted by molar-refractivity contribution is 0.202. The number of methoxy groups -OCH3 is 1. The van der Waals surface area contributed by atoms with Crippen molar-refractivity contribution < 1.29 is 4.74 Å². The molecule has 0 aliphatic heterocycles. The van der Waals surface area contributed by atoms with Gasteiger partial charge in [0.2, 0.25) is 0 Å². The molecule has 3 heteroatoms. The number of ether oxygens (including phenoxy) is 1. The molecule has 1 aromatic heterocycles. The Balaban J connectivity index is 2.28. The third kappa shape index (κ3) is 3.66. The van der Waals surface area contributed by atoms with E-state index >= 15 is 0 Å². The molecule has 0 unspecified atom stereocenters. The van der Waals surface area contributed by atoms with Crippen molar-refractivity contribution in [2.45, 2.75) is 33.6 Å². The van der Waals surface area contributed by atoms with Crippen molar-refractivity contribution in [3.05, 3.63) is 35.0 Å². The van der Waals surface area contributed by atoms with Crippen LogP contribution in [0.3, 0.4) is 0 Å². The first-order chi connectivity index (χ1) is 10.2. The van der Waals surface area contributed by atoms with E-state index < -0.39 is 0 Å². The number of likely N-dealkylation sites (N-methyl/N-ethyl adjacent to an activating group) is 1. The molecule has 0 aliphatic carbocycles. The zero-order valence-electron chi connectivity index (χ0n) is 13.8. The van der Waals surface area contributed by atoms with Gasteiger partial charge in [-0.05, 0) is 49.5 Å². The number of aryl methyl sites for hydroxylation is 1. The Morgan fingerprint density at radius 3 is 2.52 bits per heavy atom.